The fourth-order valence-electron chi connectivity index (χ4n) is 3.31. The highest BCUT2D eigenvalue weighted by Gasteiger charge is 2.11. The van der Waals surface area contributed by atoms with Gasteiger partial charge < -0.3 is 4.74 Å². The second-order valence-corrected chi connectivity index (χ2v) is 7.66. The van der Waals surface area contributed by atoms with E-state index in [0.717, 1.165) is 28.9 Å². The van der Waals surface area contributed by atoms with E-state index in [1.54, 1.807) is 10.9 Å². The lowest BCUT2D eigenvalue weighted by molar-refractivity contribution is -0.123. The van der Waals surface area contributed by atoms with E-state index in [4.69, 9.17) is 9.84 Å². The minimum absolute atomic E-state index is 0.114. The Morgan fingerprint density at radius 1 is 1.03 bits per heavy atom. The molecule has 0 fully saturated rings. The van der Waals surface area contributed by atoms with Crippen molar-refractivity contribution >= 4 is 12.1 Å². The molecule has 0 bridgehead atoms. The van der Waals surface area contributed by atoms with Crippen LogP contribution in [-0.4, -0.2) is 28.5 Å². The van der Waals surface area contributed by atoms with E-state index >= 15 is 0 Å². The van der Waals surface area contributed by atoms with Crippen LogP contribution >= 0.6 is 0 Å². The number of ether oxygens (including phenoxy) is 1. The molecule has 0 aliphatic carbocycles. The van der Waals surface area contributed by atoms with E-state index in [1.165, 1.54) is 11.1 Å². The summed E-state index contributed by atoms with van der Waals surface area (Å²) in [6.07, 6.45) is 4.46. The third kappa shape index (κ3) is 5.74. The van der Waals surface area contributed by atoms with Crippen LogP contribution in [0, 0.1) is 6.92 Å². The first-order chi connectivity index (χ1) is 16.1. The molecule has 33 heavy (non-hydrogen) atoms. The van der Waals surface area contributed by atoms with Crippen LogP contribution in [0.3, 0.4) is 0 Å². The monoisotopic (exact) mass is 438 g/mol. The van der Waals surface area contributed by atoms with Crippen molar-refractivity contribution in [2.75, 3.05) is 6.61 Å². The first-order valence-corrected chi connectivity index (χ1v) is 10.9. The number of hydrazone groups is 1. The van der Waals surface area contributed by atoms with E-state index in [0.29, 0.717) is 5.75 Å². The van der Waals surface area contributed by atoms with Gasteiger partial charge in [0.25, 0.3) is 5.91 Å². The van der Waals surface area contributed by atoms with Crippen molar-refractivity contribution < 1.29 is 9.53 Å². The molecule has 166 valence electrons. The van der Waals surface area contributed by atoms with Crippen LogP contribution < -0.4 is 10.2 Å². The normalized spacial score (nSPS) is 11.0. The second kappa shape index (κ2) is 10.4. The van der Waals surface area contributed by atoms with Crippen LogP contribution in [0.15, 0.2) is 90.2 Å². The number of carbonyl (C=O) groups excluding carboxylic acids is 1. The van der Waals surface area contributed by atoms with Crippen LogP contribution in [0.4, 0.5) is 0 Å². The maximum Gasteiger partial charge on any atom is 0.277 e. The molecule has 0 atom stereocenters. The molecule has 0 spiro atoms. The molecule has 0 aliphatic heterocycles. The summed E-state index contributed by atoms with van der Waals surface area (Å²) in [5.74, 6) is 0.315. The van der Waals surface area contributed by atoms with E-state index in [9.17, 15) is 4.79 Å². The quantitative estimate of drug-likeness (QED) is 0.313. The Morgan fingerprint density at radius 2 is 1.76 bits per heavy atom. The SMILES string of the molecule is CCc1ccc(OCC(=O)N/N=C\c2cn(-c3ccccc3)nc2-c2ccc(C)cc2)cc1. The number of aryl methyl sites for hydroxylation is 2. The third-order valence-corrected chi connectivity index (χ3v) is 5.18. The van der Waals surface area contributed by atoms with E-state index < -0.39 is 0 Å². The number of aromatic nitrogens is 2. The fraction of sp³-hybridized carbons (Fsp3) is 0.148. The van der Waals surface area contributed by atoms with Crippen LogP contribution in [0.25, 0.3) is 16.9 Å². The number of para-hydroxylation sites is 1. The molecule has 4 aromatic rings. The number of nitrogens with one attached hydrogen (secondary N) is 1. The molecular formula is C27H26N4O2. The molecular weight excluding hydrogens is 412 g/mol. The molecule has 0 saturated carbocycles. The predicted octanol–water partition coefficient (Wildman–Crippen LogP) is 4.94. The Balaban J connectivity index is 1.46. The van der Waals surface area contributed by atoms with Gasteiger partial charge in [0.15, 0.2) is 6.61 Å². The Morgan fingerprint density at radius 3 is 2.45 bits per heavy atom. The van der Waals surface area contributed by atoms with Crippen LogP contribution in [0.1, 0.15) is 23.6 Å². The highest BCUT2D eigenvalue weighted by atomic mass is 16.5. The Hall–Kier alpha value is -4.19. The molecule has 0 radical (unpaired) electrons. The average Bonchev–Trinajstić information content (AvgIpc) is 3.28. The lowest BCUT2D eigenvalue weighted by Crippen LogP contribution is -2.24. The number of hydrogen-bond acceptors (Lipinski definition) is 4. The highest BCUT2D eigenvalue weighted by Crippen LogP contribution is 2.23. The number of amides is 1. The van der Waals surface area contributed by atoms with Gasteiger partial charge in [0.1, 0.15) is 11.4 Å². The van der Waals surface area contributed by atoms with Crippen molar-refractivity contribution in [1.82, 2.24) is 15.2 Å². The molecule has 3 aromatic carbocycles. The number of benzene rings is 3. The van der Waals surface area contributed by atoms with Gasteiger partial charge in [-0.15, -0.1) is 0 Å². The van der Waals surface area contributed by atoms with Crippen molar-refractivity contribution in [3.63, 3.8) is 0 Å². The van der Waals surface area contributed by atoms with Crippen LogP contribution in [0.5, 0.6) is 5.75 Å². The zero-order valence-electron chi connectivity index (χ0n) is 18.7. The smallest absolute Gasteiger partial charge is 0.277 e. The van der Waals surface area contributed by atoms with Gasteiger partial charge in [-0.05, 0) is 43.2 Å². The third-order valence-electron chi connectivity index (χ3n) is 5.18. The van der Waals surface area contributed by atoms with Crippen LogP contribution in [0.2, 0.25) is 0 Å². The Kier molecular flexibility index (Phi) is 6.95. The Bertz CT molecular complexity index is 1230. The maximum absolute atomic E-state index is 12.2. The van der Waals surface area contributed by atoms with Gasteiger partial charge in [0.05, 0.1) is 11.9 Å². The van der Waals surface area contributed by atoms with E-state index in [1.807, 2.05) is 92.0 Å². The number of nitrogens with zero attached hydrogens (tertiary/aromatic N) is 3. The summed E-state index contributed by atoms with van der Waals surface area (Å²) in [6.45, 7) is 4.02. The largest absolute Gasteiger partial charge is 0.484 e. The minimum Gasteiger partial charge on any atom is -0.484 e. The van der Waals surface area contributed by atoms with Gasteiger partial charge in [0.2, 0.25) is 0 Å². The van der Waals surface area contributed by atoms with Gasteiger partial charge >= 0.3 is 0 Å². The lowest BCUT2D eigenvalue weighted by atomic mass is 10.1. The number of hydrogen-bond donors (Lipinski definition) is 1. The molecule has 0 unspecified atom stereocenters. The van der Waals surface area contributed by atoms with Gasteiger partial charge in [-0.2, -0.15) is 10.2 Å². The lowest BCUT2D eigenvalue weighted by Gasteiger charge is -2.05. The topological polar surface area (TPSA) is 68.5 Å². The molecule has 0 aliphatic rings. The summed E-state index contributed by atoms with van der Waals surface area (Å²) in [4.78, 5) is 12.2. The first kappa shape index (κ1) is 22.0. The molecule has 0 saturated heterocycles. The minimum atomic E-state index is -0.335. The zero-order chi connectivity index (χ0) is 23.0. The molecule has 1 N–H and O–H groups in total. The summed E-state index contributed by atoms with van der Waals surface area (Å²) < 4.78 is 7.34. The summed E-state index contributed by atoms with van der Waals surface area (Å²) in [7, 11) is 0. The highest BCUT2D eigenvalue weighted by molar-refractivity contribution is 5.89. The van der Waals surface area contributed by atoms with Gasteiger partial charge in [-0.3, -0.25) is 4.79 Å². The maximum atomic E-state index is 12.2. The molecule has 6 heteroatoms. The molecule has 6 nitrogen and oxygen atoms in total. The molecule has 1 amide bonds. The van der Waals surface area contributed by atoms with Crippen molar-refractivity contribution in [2.45, 2.75) is 20.3 Å². The van der Waals surface area contributed by atoms with Crippen molar-refractivity contribution in [2.24, 2.45) is 5.10 Å². The van der Waals surface area contributed by atoms with Gasteiger partial charge in [-0.1, -0.05) is 67.1 Å². The standard InChI is InChI=1S/C27H26N4O2/c1-3-21-11-15-25(16-12-21)33-19-26(32)29-28-17-23-18-31(24-7-5-4-6-8-24)30-27(23)22-13-9-20(2)10-14-22/h4-18H,3,19H2,1-2H3,(H,29,32)/b28-17-. The van der Waals surface area contributed by atoms with Gasteiger partial charge in [0, 0.05) is 17.3 Å². The molecule has 1 heterocycles. The summed E-state index contributed by atoms with van der Waals surface area (Å²) in [6, 6.07) is 25.7. The van der Waals surface area contributed by atoms with Gasteiger partial charge in [-0.25, -0.2) is 10.1 Å². The van der Waals surface area contributed by atoms with Crippen LogP contribution in [-0.2, 0) is 11.2 Å². The summed E-state index contributed by atoms with van der Waals surface area (Å²) >= 11 is 0. The van der Waals surface area contributed by atoms with E-state index in [2.05, 4.69) is 17.5 Å². The van der Waals surface area contributed by atoms with Crippen molar-refractivity contribution in [3.8, 4) is 22.7 Å². The predicted molar refractivity (Wildman–Crippen MR) is 131 cm³/mol. The zero-order valence-corrected chi connectivity index (χ0v) is 18.7. The van der Waals surface area contributed by atoms with E-state index in [-0.39, 0.29) is 12.5 Å². The molecule has 4 rings (SSSR count). The molecule has 1 aromatic heterocycles. The van der Waals surface area contributed by atoms with Crippen molar-refractivity contribution in [3.05, 3.63) is 102 Å². The Labute approximate surface area is 193 Å². The second-order valence-electron chi connectivity index (χ2n) is 7.66. The van der Waals surface area contributed by atoms with Crippen molar-refractivity contribution in [1.29, 1.82) is 0 Å². The number of rotatable bonds is 8. The fourth-order valence-corrected chi connectivity index (χ4v) is 3.31. The summed E-state index contributed by atoms with van der Waals surface area (Å²) in [5.41, 5.74) is 8.41. The average molecular weight is 439 g/mol. The first-order valence-electron chi connectivity index (χ1n) is 10.9. The summed E-state index contributed by atoms with van der Waals surface area (Å²) in [5, 5.41) is 8.89. The number of carbonyl (C=O) groups is 1.